The third-order valence-corrected chi connectivity index (χ3v) is 4.39. The Morgan fingerprint density at radius 1 is 0.815 bits per heavy atom. The number of nitrogens with one attached hydrogen (secondary N) is 1. The summed E-state index contributed by atoms with van der Waals surface area (Å²) in [6.07, 6.45) is 1.76. The van der Waals surface area contributed by atoms with Crippen LogP contribution < -0.4 is 14.9 Å². The summed E-state index contributed by atoms with van der Waals surface area (Å²) in [5.74, 6) is 1.36. The van der Waals surface area contributed by atoms with E-state index in [1.165, 1.54) is 0 Å². The molecular formula is C22H19N3O2. The predicted octanol–water partition coefficient (Wildman–Crippen LogP) is 4.85. The highest BCUT2D eigenvalue weighted by Gasteiger charge is 2.08. The van der Waals surface area contributed by atoms with Crippen LogP contribution in [0.25, 0.3) is 21.8 Å². The molecule has 0 bridgehead atoms. The molecule has 0 atom stereocenters. The zero-order valence-electron chi connectivity index (χ0n) is 15.1. The fraction of sp³-hybridized carbons (Fsp3) is 0.0909. The number of ether oxygens (including phenoxy) is 2. The van der Waals surface area contributed by atoms with Crippen LogP contribution in [0.3, 0.4) is 0 Å². The predicted molar refractivity (Wildman–Crippen MR) is 110 cm³/mol. The van der Waals surface area contributed by atoms with Crippen molar-refractivity contribution in [1.29, 1.82) is 0 Å². The number of methoxy groups -OCH3 is 2. The summed E-state index contributed by atoms with van der Waals surface area (Å²) in [4.78, 5) is 4.72. The molecule has 1 aromatic heterocycles. The Balaban J connectivity index is 1.72. The van der Waals surface area contributed by atoms with Crippen molar-refractivity contribution in [2.75, 3.05) is 19.6 Å². The summed E-state index contributed by atoms with van der Waals surface area (Å²) in [7, 11) is 3.24. The highest BCUT2D eigenvalue weighted by Crippen LogP contribution is 2.31. The SMILES string of the molecule is COc1ccc(/C=N/Nc2c3ccccc3nc3ccccc23)cc1OC. The van der Waals surface area contributed by atoms with Gasteiger partial charge in [0, 0.05) is 10.8 Å². The molecular weight excluding hydrogens is 338 g/mol. The monoisotopic (exact) mass is 357 g/mol. The average Bonchev–Trinajstić information content (AvgIpc) is 2.73. The molecule has 4 aromatic rings. The average molecular weight is 357 g/mol. The van der Waals surface area contributed by atoms with Crippen LogP contribution in [0.2, 0.25) is 0 Å². The van der Waals surface area contributed by atoms with Gasteiger partial charge in [-0.25, -0.2) is 4.98 Å². The van der Waals surface area contributed by atoms with Crippen LogP contribution in [0.4, 0.5) is 5.69 Å². The third kappa shape index (κ3) is 3.27. The minimum absolute atomic E-state index is 0.668. The molecule has 0 aliphatic heterocycles. The van der Waals surface area contributed by atoms with E-state index in [9.17, 15) is 0 Å². The first kappa shape index (κ1) is 16.8. The Morgan fingerprint density at radius 3 is 2.07 bits per heavy atom. The smallest absolute Gasteiger partial charge is 0.161 e. The van der Waals surface area contributed by atoms with Gasteiger partial charge in [0.05, 0.1) is 37.2 Å². The van der Waals surface area contributed by atoms with Gasteiger partial charge in [-0.3, -0.25) is 5.43 Å². The van der Waals surface area contributed by atoms with Crippen molar-refractivity contribution in [3.05, 3.63) is 72.3 Å². The van der Waals surface area contributed by atoms with E-state index in [0.29, 0.717) is 11.5 Å². The zero-order valence-corrected chi connectivity index (χ0v) is 15.1. The number of hydrogen-bond acceptors (Lipinski definition) is 5. The van der Waals surface area contributed by atoms with Gasteiger partial charge in [0.2, 0.25) is 0 Å². The maximum absolute atomic E-state index is 5.34. The normalized spacial score (nSPS) is 11.2. The molecule has 5 nitrogen and oxygen atoms in total. The number of pyridine rings is 1. The third-order valence-electron chi connectivity index (χ3n) is 4.39. The van der Waals surface area contributed by atoms with Gasteiger partial charge in [-0.05, 0) is 35.9 Å². The topological polar surface area (TPSA) is 55.7 Å². The van der Waals surface area contributed by atoms with Gasteiger partial charge in [-0.15, -0.1) is 0 Å². The van der Waals surface area contributed by atoms with E-state index in [1.54, 1.807) is 20.4 Å². The van der Waals surface area contributed by atoms with E-state index in [4.69, 9.17) is 14.5 Å². The molecule has 5 heteroatoms. The highest BCUT2D eigenvalue weighted by atomic mass is 16.5. The summed E-state index contributed by atoms with van der Waals surface area (Å²) in [5.41, 5.74) is 6.91. The molecule has 0 saturated heterocycles. The van der Waals surface area contributed by atoms with Crippen molar-refractivity contribution in [2.24, 2.45) is 5.10 Å². The molecule has 1 heterocycles. The lowest BCUT2D eigenvalue weighted by Gasteiger charge is -2.10. The summed E-state index contributed by atoms with van der Waals surface area (Å²) < 4.78 is 10.6. The largest absolute Gasteiger partial charge is 0.493 e. The molecule has 0 aliphatic rings. The Labute approximate surface area is 157 Å². The molecule has 0 fully saturated rings. The van der Waals surface area contributed by atoms with Crippen LogP contribution in [0.15, 0.2) is 71.8 Å². The van der Waals surface area contributed by atoms with Gasteiger partial charge >= 0.3 is 0 Å². The van der Waals surface area contributed by atoms with Gasteiger partial charge in [-0.2, -0.15) is 5.10 Å². The maximum atomic E-state index is 5.34. The van der Waals surface area contributed by atoms with E-state index in [2.05, 4.69) is 10.5 Å². The van der Waals surface area contributed by atoms with E-state index in [-0.39, 0.29) is 0 Å². The maximum Gasteiger partial charge on any atom is 0.161 e. The zero-order chi connectivity index (χ0) is 18.6. The van der Waals surface area contributed by atoms with Crippen LogP contribution in [0, 0.1) is 0 Å². The van der Waals surface area contributed by atoms with Crippen molar-refractivity contribution in [2.45, 2.75) is 0 Å². The number of hydrogen-bond donors (Lipinski definition) is 1. The van der Waals surface area contributed by atoms with E-state index >= 15 is 0 Å². The summed E-state index contributed by atoms with van der Waals surface area (Å²) in [6, 6.07) is 21.7. The fourth-order valence-corrected chi connectivity index (χ4v) is 3.06. The molecule has 0 aliphatic carbocycles. The molecule has 4 rings (SSSR count). The van der Waals surface area contributed by atoms with Crippen LogP contribution in [-0.4, -0.2) is 25.4 Å². The van der Waals surface area contributed by atoms with Gasteiger partial charge in [0.25, 0.3) is 0 Å². The van der Waals surface area contributed by atoms with E-state index in [1.807, 2.05) is 66.7 Å². The second-order valence-electron chi connectivity index (χ2n) is 6.01. The molecule has 0 saturated carbocycles. The number of fused-ring (bicyclic) bond motifs is 2. The van der Waals surface area contributed by atoms with E-state index in [0.717, 1.165) is 33.1 Å². The van der Waals surface area contributed by atoms with Crippen molar-refractivity contribution in [3.63, 3.8) is 0 Å². The van der Waals surface area contributed by atoms with Gasteiger partial charge in [0.1, 0.15) is 0 Å². The molecule has 0 radical (unpaired) electrons. The van der Waals surface area contributed by atoms with Crippen molar-refractivity contribution in [3.8, 4) is 11.5 Å². The second-order valence-corrected chi connectivity index (χ2v) is 6.01. The molecule has 134 valence electrons. The molecule has 0 amide bonds. The van der Waals surface area contributed by atoms with Crippen molar-refractivity contribution in [1.82, 2.24) is 4.98 Å². The number of hydrazone groups is 1. The second kappa shape index (κ2) is 7.33. The van der Waals surface area contributed by atoms with Gasteiger partial charge in [0.15, 0.2) is 11.5 Å². The molecule has 0 spiro atoms. The van der Waals surface area contributed by atoms with E-state index < -0.39 is 0 Å². The minimum Gasteiger partial charge on any atom is -0.493 e. The molecule has 1 N–H and O–H groups in total. The first-order valence-corrected chi connectivity index (χ1v) is 8.59. The quantitative estimate of drug-likeness (QED) is 0.315. The van der Waals surface area contributed by atoms with Crippen LogP contribution in [-0.2, 0) is 0 Å². The number of para-hydroxylation sites is 2. The summed E-state index contributed by atoms with van der Waals surface area (Å²) in [5, 5.41) is 6.50. The number of anilines is 1. The van der Waals surface area contributed by atoms with Gasteiger partial charge in [-0.1, -0.05) is 36.4 Å². The minimum atomic E-state index is 0.668. The summed E-state index contributed by atoms with van der Waals surface area (Å²) >= 11 is 0. The first-order chi connectivity index (χ1) is 13.3. The standard InChI is InChI=1S/C22H19N3O2/c1-26-20-12-11-15(13-21(20)27-2)14-23-25-22-16-7-3-5-9-18(16)24-19-10-6-4-8-17(19)22/h3-14H,1-2H3,(H,24,25)/b23-14+. The van der Waals surface area contributed by atoms with Crippen molar-refractivity contribution >= 4 is 33.7 Å². The Morgan fingerprint density at radius 2 is 1.44 bits per heavy atom. The number of benzene rings is 3. The Kier molecular flexibility index (Phi) is 4.58. The van der Waals surface area contributed by atoms with Crippen molar-refractivity contribution < 1.29 is 9.47 Å². The van der Waals surface area contributed by atoms with Crippen LogP contribution in [0.1, 0.15) is 5.56 Å². The number of nitrogens with zero attached hydrogens (tertiary/aromatic N) is 2. The fourth-order valence-electron chi connectivity index (χ4n) is 3.06. The number of aromatic nitrogens is 1. The Hall–Kier alpha value is -3.60. The van der Waals surface area contributed by atoms with Crippen LogP contribution >= 0.6 is 0 Å². The van der Waals surface area contributed by atoms with Gasteiger partial charge < -0.3 is 9.47 Å². The lowest BCUT2D eigenvalue weighted by atomic mass is 10.1. The lowest BCUT2D eigenvalue weighted by Crippen LogP contribution is -1.96. The highest BCUT2D eigenvalue weighted by molar-refractivity contribution is 6.07. The first-order valence-electron chi connectivity index (χ1n) is 8.59. The summed E-state index contributed by atoms with van der Waals surface area (Å²) in [6.45, 7) is 0. The number of rotatable bonds is 5. The molecule has 3 aromatic carbocycles. The molecule has 0 unspecified atom stereocenters. The molecule has 27 heavy (non-hydrogen) atoms. The Bertz CT molecular complexity index is 1080. The van der Waals surface area contributed by atoms with Crippen LogP contribution in [0.5, 0.6) is 11.5 Å². The lowest BCUT2D eigenvalue weighted by molar-refractivity contribution is 0.355.